The highest BCUT2D eigenvalue weighted by Gasteiger charge is 2.17. The normalized spacial score (nSPS) is 10.5. The second kappa shape index (κ2) is 5.49. The van der Waals surface area contributed by atoms with Crippen molar-refractivity contribution in [3.63, 3.8) is 0 Å². The minimum atomic E-state index is -1.06. The van der Waals surface area contributed by atoms with Crippen LogP contribution in [0.15, 0.2) is 59.3 Å². The zero-order valence-corrected chi connectivity index (χ0v) is 12.4. The van der Waals surface area contributed by atoms with E-state index < -0.39 is 5.97 Å². The van der Waals surface area contributed by atoms with Gasteiger partial charge in [0.2, 0.25) is 0 Å². The number of carboxylic acids is 1. The van der Waals surface area contributed by atoms with E-state index in [-0.39, 0.29) is 5.69 Å². The molecule has 104 valence electrons. The fourth-order valence-electron chi connectivity index (χ4n) is 2.01. The van der Waals surface area contributed by atoms with Crippen molar-refractivity contribution in [1.82, 2.24) is 14.8 Å². The van der Waals surface area contributed by atoms with E-state index in [9.17, 15) is 9.90 Å². The molecule has 3 rings (SSSR count). The second-order valence-electron chi connectivity index (χ2n) is 4.32. The molecule has 1 aromatic carbocycles. The molecule has 6 heteroatoms. The Balaban J connectivity index is 2.24. The molecule has 2 aromatic heterocycles. The average Bonchev–Trinajstić information content (AvgIpc) is 2.94. The SMILES string of the molecule is O=C(O)c1cc(-c2cccnc2)n(-c2ccccc2Br)n1. The van der Waals surface area contributed by atoms with Crippen LogP contribution in [0.5, 0.6) is 0 Å². The van der Waals surface area contributed by atoms with E-state index in [1.54, 1.807) is 29.2 Å². The molecule has 0 fully saturated rings. The molecule has 0 aliphatic heterocycles. The molecule has 1 N–H and O–H groups in total. The van der Waals surface area contributed by atoms with Crippen molar-refractivity contribution in [2.24, 2.45) is 0 Å². The zero-order chi connectivity index (χ0) is 14.8. The Morgan fingerprint density at radius 3 is 2.67 bits per heavy atom. The van der Waals surface area contributed by atoms with Gasteiger partial charge in [-0.3, -0.25) is 4.98 Å². The van der Waals surface area contributed by atoms with Gasteiger partial charge in [0.15, 0.2) is 5.69 Å². The van der Waals surface area contributed by atoms with Crippen LogP contribution in [0, 0.1) is 0 Å². The lowest BCUT2D eigenvalue weighted by atomic mass is 10.2. The molecule has 0 aliphatic rings. The summed E-state index contributed by atoms with van der Waals surface area (Å²) in [7, 11) is 0. The van der Waals surface area contributed by atoms with E-state index >= 15 is 0 Å². The summed E-state index contributed by atoms with van der Waals surface area (Å²) in [6.45, 7) is 0. The van der Waals surface area contributed by atoms with Gasteiger partial charge in [0.25, 0.3) is 0 Å². The Kier molecular flexibility index (Phi) is 3.53. The second-order valence-corrected chi connectivity index (χ2v) is 5.18. The smallest absolute Gasteiger partial charge is 0.356 e. The summed E-state index contributed by atoms with van der Waals surface area (Å²) in [6, 6.07) is 12.7. The van der Waals surface area contributed by atoms with Gasteiger partial charge in [-0.1, -0.05) is 12.1 Å². The van der Waals surface area contributed by atoms with Gasteiger partial charge in [-0.05, 0) is 46.3 Å². The molecule has 0 saturated heterocycles. The van der Waals surface area contributed by atoms with Crippen molar-refractivity contribution in [3.05, 3.63) is 65.0 Å². The van der Waals surface area contributed by atoms with Gasteiger partial charge in [-0.15, -0.1) is 0 Å². The van der Waals surface area contributed by atoms with Crippen molar-refractivity contribution in [3.8, 4) is 16.9 Å². The lowest BCUT2D eigenvalue weighted by molar-refractivity contribution is 0.0690. The Morgan fingerprint density at radius 2 is 2.00 bits per heavy atom. The first kappa shape index (κ1) is 13.5. The number of benzene rings is 1. The molecule has 5 nitrogen and oxygen atoms in total. The highest BCUT2D eigenvalue weighted by Crippen LogP contribution is 2.27. The summed E-state index contributed by atoms with van der Waals surface area (Å²) in [5.41, 5.74) is 2.23. The zero-order valence-electron chi connectivity index (χ0n) is 10.8. The lowest BCUT2D eigenvalue weighted by Gasteiger charge is -2.08. The number of hydrogen-bond acceptors (Lipinski definition) is 3. The predicted octanol–water partition coefficient (Wildman–Crippen LogP) is 3.40. The van der Waals surface area contributed by atoms with Crippen LogP contribution in [-0.4, -0.2) is 25.8 Å². The van der Waals surface area contributed by atoms with Crippen LogP contribution in [0.3, 0.4) is 0 Å². The van der Waals surface area contributed by atoms with E-state index in [1.807, 2.05) is 30.3 Å². The van der Waals surface area contributed by atoms with Gasteiger partial charge in [-0.25, -0.2) is 9.48 Å². The summed E-state index contributed by atoms with van der Waals surface area (Å²) in [6.07, 6.45) is 3.34. The van der Waals surface area contributed by atoms with Crippen molar-refractivity contribution in [1.29, 1.82) is 0 Å². The van der Waals surface area contributed by atoms with Crippen molar-refractivity contribution in [2.45, 2.75) is 0 Å². The van der Waals surface area contributed by atoms with Gasteiger partial charge in [0.05, 0.1) is 11.4 Å². The minimum absolute atomic E-state index is 0.00962. The van der Waals surface area contributed by atoms with Gasteiger partial charge >= 0.3 is 5.97 Å². The standard InChI is InChI=1S/C15H10BrN3O2/c16-11-5-1-2-6-13(11)19-14(8-12(18-19)15(20)21)10-4-3-7-17-9-10/h1-9H,(H,20,21). The number of carboxylic acid groups (broad SMARTS) is 1. The van der Waals surface area contributed by atoms with E-state index in [1.165, 1.54) is 0 Å². The van der Waals surface area contributed by atoms with Crippen LogP contribution in [0.25, 0.3) is 16.9 Å². The summed E-state index contributed by atoms with van der Waals surface area (Å²) in [4.78, 5) is 15.3. The third-order valence-corrected chi connectivity index (χ3v) is 3.64. The third kappa shape index (κ3) is 2.57. The van der Waals surface area contributed by atoms with E-state index in [4.69, 9.17) is 0 Å². The quantitative estimate of drug-likeness (QED) is 0.791. The summed E-state index contributed by atoms with van der Waals surface area (Å²) >= 11 is 3.46. The lowest BCUT2D eigenvalue weighted by Crippen LogP contribution is -2.03. The maximum Gasteiger partial charge on any atom is 0.356 e. The molecule has 21 heavy (non-hydrogen) atoms. The predicted molar refractivity (Wildman–Crippen MR) is 81.5 cm³/mol. The first-order valence-electron chi connectivity index (χ1n) is 6.15. The molecule has 0 saturated carbocycles. The molecule has 0 aliphatic carbocycles. The van der Waals surface area contributed by atoms with Gasteiger partial charge in [0.1, 0.15) is 0 Å². The monoisotopic (exact) mass is 343 g/mol. The summed E-state index contributed by atoms with van der Waals surface area (Å²) < 4.78 is 2.43. The number of nitrogens with zero attached hydrogens (tertiary/aromatic N) is 3. The maximum atomic E-state index is 11.2. The topological polar surface area (TPSA) is 68.0 Å². The van der Waals surface area contributed by atoms with Crippen molar-refractivity contribution < 1.29 is 9.90 Å². The van der Waals surface area contributed by atoms with Crippen LogP contribution in [-0.2, 0) is 0 Å². The van der Waals surface area contributed by atoms with Gasteiger partial charge in [-0.2, -0.15) is 5.10 Å². The highest BCUT2D eigenvalue weighted by atomic mass is 79.9. The first-order valence-corrected chi connectivity index (χ1v) is 6.95. The Bertz CT molecular complexity index is 800. The molecule has 0 amide bonds. The van der Waals surface area contributed by atoms with Crippen molar-refractivity contribution in [2.75, 3.05) is 0 Å². The molecular weight excluding hydrogens is 334 g/mol. The highest BCUT2D eigenvalue weighted by molar-refractivity contribution is 9.10. The molecule has 0 radical (unpaired) electrons. The Labute approximate surface area is 129 Å². The van der Waals surface area contributed by atoms with Crippen LogP contribution >= 0.6 is 15.9 Å². The van der Waals surface area contributed by atoms with Crippen LogP contribution in [0.4, 0.5) is 0 Å². The van der Waals surface area contributed by atoms with Crippen LogP contribution < -0.4 is 0 Å². The number of aromatic carboxylic acids is 1. The molecule has 0 atom stereocenters. The molecule has 3 aromatic rings. The molecular formula is C15H10BrN3O2. The number of rotatable bonds is 3. The fourth-order valence-corrected chi connectivity index (χ4v) is 2.47. The largest absolute Gasteiger partial charge is 0.476 e. The summed E-state index contributed by atoms with van der Waals surface area (Å²) in [5, 5.41) is 13.4. The maximum absolute atomic E-state index is 11.2. The van der Waals surface area contributed by atoms with Crippen LogP contribution in [0.2, 0.25) is 0 Å². The Morgan fingerprint density at radius 1 is 1.19 bits per heavy atom. The number of halogens is 1. The number of aromatic nitrogens is 3. The summed E-state index contributed by atoms with van der Waals surface area (Å²) in [5.74, 6) is -1.06. The minimum Gasteiger partial charge on any atom is -0.476 e. The van der Waals surface area contributed by atoms with Gasteiger partial charge < -0.3 is 5.11 Å². The van der Waals surface area contributed by atoms with E-state index in [0.717, 1.165) is 15.7 Å². The molecule has 0 bridgehead atoms. The number of para-hydroxylation sites is 1. The molecule has 0 unspecified atom stereocenters. The van der Waals surface area contributed by atoms with Gasteiger partial charge in [0, 0.05) is 22.4 Å². The number of carbonyl (C=O) groups is 1. The molecule has 0 spiro atoms. The average molecular weight is 344 g/mol. The fraction of sp³-hybridized carbons (Fsp3) is 0. The van der Waals surface area contributed by atoms with Crippen molar-refractivity contribution >= 4 is 21.9 Å². The van der Waals surface area contributed by atoms with E-state index in [0.29, 0.717) is 5.69 Å². The molecule has 2 heterocycles. The Hall–Kier alpha value is -2.47. The number of hydrogen-bond donors (Lipinski definition) is 1. The third-order valence-electron chi connectivity index (χ3n) is 2.97. The number of pyridine rings is 1. The van der Waals surface area contributed by atoms with Crippen LogP contribution in [0.1, 0.15) is 10.5 Å². The first-order chi connectivity index (χ1) is 10.2. The van der Waals surface area contributed by atoms with E-state index in [2.05, 4.69) is 26.0 Å².